The molecule has 100 valence electrons. The predicted molar refractivity (Wildman–Crippen MR) is 76.3 cm³/mol. The van der Waals surface area contributed by atoms with Gasteiger partial charge in [0.2, 0.25) is 0 Å². The number of halogens is 1. The van der Waals surface area contributed by atoms with Crippen molar-refractivity contribution in [3.8, 4) is 5.75 Å². The monoisotopic (exact) mass is 267 g/mol. The molecule has 0 amide bonds. The Labute approximate surface area is 115 Å². The van der Waals surface area contributed by atoms with Crippen LogP contribution in [-0.4, -0.2) is 19.2 Å². The van der Waals surface area contributed by atoms with Crippen molar-refractivity contribution >= 4 is 11.6 Å². The molecule has 0 spiro atoms. The van der Waals surface area contributed by atoms with Crippen molar-refractivity contribution in [2.24, 2.45) is 11.8 Å². The van der Waals surface area contributed by atoms with Crippen molar-refractivity contribution in [1.29, 1.82) is 0 Å². The second-order valence-electron chi connectivity index (χ2n) is 5.46. The molecule has 0 aromatic heterocycles. The first-order valence-corrected chi connectivity index (χ1v) is 7.08. The third kappa shape index (κ3) is 2.99. The van der Waals surface area contributed by atoms with Crippen molar-refractivity contribution in [2.75, 3.05) is 7.05 Å². The number of rotatable bonds is 3. The Balaban J connectivity index is 2.13. The molecule has 1 aliphatic carbocycles. The van der Waals surface area contributed by atoms with E-state index in [4.69, 9.17) is 16.3 Å². The largest absolute Gasteiger partial charge is 0.487 e. The molecule has 0 heterocycles. The highest BCUT2D eigenvalue weighted by atomic mass is 35.5. The summed E-state index contributed by atoms with van der Waals surface area (Å²) in [5, 5.41) is 4.08. The van der Waals surface area contributed by atoms with E-state index in [2.05, 4.69) is 19.2 Å². The standard InChI is InChI=1S/C15H22ClNO/c1-10-8-11(2)15(13(9-10)17-3)18-14-7-5-4-6-12(14)16/h4-7,10-11,13,15,17H,8-9H2,1-3H3. The number of hydrogen-bond donors (Lipinski definition) is 1. The summed E-state index contributed by atoms with van der Waals surface area (Å²) in [5.41, 5.74) is 0. The lowest BCUT2D eigenvalue weighted by atomic mass is 9.78. The van der Waals surface area contributed by atoms with E-state index in [1.807, 2.05) is 31.3 Å². The second kappa shape index (κ2) is 5.94. The van der Waals surface area contributed by atoms with Gasteiger partial charge in [-0.15, -0.1) is 0 Å². The van der Waals surface area contributed by atoms with Crippen molar-refractivity contribution < 1.29 is 4.74 Å². The van der Waals surface area contributed by atoms with Crippen LogP contribution in [0.4, 0.5) is 0 Å². The highest BCUT2D eigenvalue weighted by Crippen LogP contribution is 2.34. The maximum absolute atomic E-state index is 6.17. The average Bonchev–Trinajstić information content (AvgIpc) is 2.34. The first kappa shape index (κ1) is 13.7. The topological polar surface area (TPSA) is 21.3 Å². The molecular weight excluding hydrogens is 246 g/mol. The molecule has 2 nitrogen and oxygen atoms in total. The van der Waals surface area contributed by atoms with Gasteiger partial charge in [-0.3, -0.25) is 0 Å². The van der Waals surface area contributed by atoms with Crippen molar-refractivity contribution in [2.45, 2.75) is 38.8 Å². The summed E-state index contributed by atoms with van der Waals surface area (Å²) in [6.07, 6.45) is 2.58. The van der Waals surface area contributed by atoms with Crippen molar-refractivity contribution in [1.82, 2.24) is 5.32 Å². The van der Waals surface area contributed by atoms with E-state index in [1.165, 1.54) is 6.42 Å². The first-order chi connectivity index (χ1) is 8.61. The van der Waals surface area contributed by atoms with E-state index >= 15 is 0 Å². The van der Waals surface area contributed by atoms with E-state index < -0.39 is 0 Å². The molecule has 1 aromatic carbocycles. The third-order valence-corrected chi connectivity index (χ3v) is 4.17. The highest BCUT2D eigenvalue weighted by molar-refractivity contribution is 6.32. The van der Waals surface area contributed by atoms with E-state index in [9.17, 15) is 0 Å². The normalized spacial score (nSPS) is 32.2. The minimum atomic E-state index is 0.200. The average molecular weight is 268 g/mol. The van der Waals surface area contributed by atoms with Gasteiger partial charge < -0.3 is 10.1 Å². The van der Waals surface area contributed by atoms with Crippen LogP contribution in [-0.2, 0) is 0 Å². The highest BCUT2D eigenvalue weighted by Gasteiger charge is 2.34. The summed E-state index contributed by atoms with van der Waals surface area (Å²) < 4.78 is 6.16. The van der Waals surface area contributed by atoms with Gasteiger partial charge in [0.25, 0.3) is 0 Å². The molecule has 0 bridgehead atoms. The summed E-state index contributed by atoms with van der Waals surface area (Å²) in [6, 6.07) is 8.12. The molecule has 1 fully saturated rings. The minimum absolute atomic E-state index is 0.200. The Morgan fingerprint density at radius 3 is 2.61 bits per heavy atom. The fourth-order valence-corrected chi connectivity index (χ4v) is 3.18. The SMILES string of the molecule is CNC1CC(C)CC(C)C1Oc1ccccc1Cl. The van der Waals surface area contributed by atoms with Crippen molar-refractivity contribution in [3.05, 3.63) is 29.3 Å². The Hall–Kier alpha value is -0.730. The second-order valence-corrected chi connectivity index (χ2v) is 5.87. The van der Waals surface area contributed by atoms with Crippen molar-refractivity contribution in [3.63, 3.8) is 0 Å². The van der Waals surface area contributed by atoms with Gasteiger partial charge in [-0.2, -0.15) is 0 Å². The predicted octanol–water partition coefficient (Wildman–Crippen LogP) is 3.74. The summed E-state index contributed by atoms with van der Waals surface area (Å²) >= 11 is 6.17. The lowest BCUT2D eigenvalue weighted by molar-refractivity contribution is 0.0508. The zero-order valence-electron chi connectivity index (χ0n) is 11.3. The molecule has 1 aromatic rings. The maximum Gasteiger partial charge on any atom is 0.138 e. The zero-order chi connectivity index (χ0) is 13.1. The van der Waals surface area contributed by atoms with Gasteiger partial charge in [0.15, 0.2) is 0 Å². The molecule has 4 unspecified atom stereocenters. The van der Waals surface area contributed by atoms with Gasteiger partial charge in [0, 0.05) is 6.04 Å². The van der Waals surface area contributed by atoms with Crippen LogP contribution < -0.4 is 10.1 Å². The number of ether oxygens (including phenoxy) is 1. The van der Waals surface area contributed by atoms with Gasteiger partial charge in [-0.05, 0) is 43.9 Å². The fraction of sp³-hybridized carbons (Fsp3) is 0.600. The quantitative estimate of drug-likeness (QED) is 0.901. The molecule has 0 radical (unpaired) electrons. The first-order valence-electron chi connectivity index (χ1n) is 6.70. The Kier molecular flexibility index (Phi) is 4.52. The van der Waals surface area contributed by atoms with Crippen LogP contribution in [0.2, 0.25) is 5.02 Å². The Morgan fingerprint density at radius 2 is 1.94 bits per heavy atom. The van der Waals surface area contributed by atoms with E-state index in [-0.39, 0.29) is 6.10 Å². The lowest BCUT2D eigenvalue weighted by Gasteiger charge is -2.39. The Bertz CT molecular complexity index is 396. The van der Waals surface area contributed by atoms with Gasteiger partial charge >= 0.3 is 0 Å². The van der Waals surface area contributed by atoms with E-state index in [0.717, 1.165) is 18.1 Å². The van der Waals surface area contributed by atoms with Crippen LogP contribution >= 0.6 is 11.6 Å². The van der Waals surface area contributed by atoms with E-state index in [1.54, 1.807) is 0 Å². The van der Waals surface area contributed by atoms with E-state index in [0.29, 0.717) is 17.0 Å². The van der Waals surface area contributed by atoms with Gasteiger partial charge in [0.1, 0.15) is 11.9 Å². The number of likely N-dealkylation sites (N-methyl/N-ethyl adjacent to an activating group) is 1. The van der Waals surface area contributed by atoms with Crippen LogP contribution in [0.25, 0.3) is 0 Å². The summed E-state index contributed by atoms with van der Waals surface area (Å²) in [6.45, 7) is 4.58. The molecule has 4 atom stereocenters. The molecule has 1 saturated carbocycles. The summed E-state index contributed by atoms with van der Waals surface area (Å²) in [7, 11) is 2.01. The van der Waals surface area contributed by atoms with Crippen LogP contribution in [0.5, 0.6) is 5.75 Å². The molecule has 3 heteroatoms. The van der Waals surface area contributed by atoms with Crippen LogP contribution in [0.3, 0.4) is 0 Å². The minimum Gasteiger partial charge on any atom is -0.487 e. The maximum atomic E-state index is 6.17. The fourth-order valence-electron chi connectivity index (χ4n) is 3.00. The van der Waals surface area contributed by atoms with Crippen LogP contribution in [0, 0.1) is 11.8 Å². The molecule has 18 heavy (non-hydrogen) atoms. The van der Waals surface area contributed by atoms with Gasteiger partial charge in [-0.1, -0.05) is 37.6 Å². The summed E-state index contributed by atoms with van der Waals surface area (Å²) in [4.78, 5) is 0. The molecular formula is C15H22ClNO. The number of hydrogen-bond acceptors (Lipinski definition) is 2. The molecule has 0 aliphatic heterocycles. The lowest BCUT2D eigenvalue weighted by Crippen LogP contribution is -2.49. The van der Waals surface area contributed by atoms with Crippen LogP contribution in [0.1, 0.15) is 26.7 Å². The molecule has 1 aliphatic rings. The summed E-state index contributed by atoms with van der Waals surface area (Å²) in [5.74, 6) is 2.09. The molecule has 2 rings (SSSR count). The number of nitrogens with one attached hydrogen (secondary N) is 1. The molecule has 1 N–H and O–H groups in total. The zero-order valence-corrected chi connectivity index (χ0v) is 12.1. The van der Waals surface area contributed by atoms with Crippen LogP contribution in [0.15, 0.2) is 24.3 Å². The van der Waals surface area contributed by atoms with Gasteiger partial charge in [-0.25, -0.2) is 0 Å². The number of para-hydroxylation sites is 1. The van der Waals surface area contributed by atoms with Gasteiger partial charge in [0.05, 0.1) is 5.02 Å². The Morgan fingerprint density at radius 1 is 1.22 bits per heavy atom. The number of benzene rings is 1. The third-order valence-electron chi connectivity index (χ3n) is 3.86. The smallest absolute Gasteiger partial charge is 0.138 e. The molecule has 0 saturated heterocycles.